The number of hydrogen-bond donors (Lipinski definition) is 0. The van der Waals surface area contributed by atoms with Crippen LogP contribution in [0.1, 0.15) is 22.9 Å². The molecule has 0 amide bonds. The van der Waals surface area contributed by atoms with Crippen LogP contribution in [0.2, 0.25) is 0 Å². The molecule has 0 unspecified atom stereocenters. The van der Waals surface area contributed by atoms with Crippen LogP contribution in [0.3, 0.4) is 0 Å². The molecule has 6 rings (SSSR count). The molecule has 0 radical (unpaired) electrons. The number of aromatic nitrogens is 1. The van der Waals surface area contributed by atoms with Crippen LogP contribution in [0, 0.1) is 0 Å². The minimum atomic E-state index is 0.0615. The van der Waals surface area contributed by atoms with Gasteiger partial charge in [-0.05, 0) is 29.1 Å². The molecule has 0 saturated heterocycles. The Morgan fingerprint density at radius 3 is 2.70 bits per heavy atom. The van der Waals surface area contributed by atoms with Gasteiger partial charge in [0.2, 0.25) is 11.9 Å². The second-order valence-corrected chi connectivity index (χ2v) is 8.87. The van der Waals surface area contributed by atoms with Crippen molar-refractivity contribution in [2.45, 2.75) is 12.5 Å². The summed E-state index contributed by atoms with van der Waals surface area (Å²) in [5.41, 5.74) is 4.32. The first-order chi connectivity index (χ1) is 14.8. The molecule has 0 fully saturated rings. The Morgan fingerprint density at radius 1 is 0.933 bits per heavy atom. The SMILES string of the molecule is c1ccc(-c2csc(N3N=C(c4cccs4)C[C@H]3c3ccc4c(c3)OCO4)n2)cc1. The van der Waals surface area contributed by atoms with Crippen LogP contribution in [0.4, 0.5) is 5.13 Å². The van der Waals surface area contributed by atoms with E-state index in [1.54, 1.807) is 22.7 Å². The lowest BCUT2D eigenvalue weighted by Gasteiger charge is -2.21. The van der Waals surface area contributed by atoms with Gasteiger partial charge in [0.15, 0.2) is 11.5 Å². The van der Waals surface area contributed by atoms with Crippen LogP contribution in [0.15, 0.2) is 76.5 Å². The number of rotatable bonds is 4. The summed E-state index contributed by atoms with van der Waals surface area (Å²) < 4.78 is 11.1. The predicted molar refractivity (Wildman–Crippen MR) is 121 cm³/mol. The minimum absolute atomic E-state index is 0.0615. The summed E-state index contributed by atoms with van der Waals surface area (Å²) in [7, 11) is 0. The lowest BCUT2D eigenvalue weighted by Crippen LogP contribution is -2.18. The fourth-order valence-electron chi connectivity index (χ4n) is 3.77. The van der Waals surface area contributed by atoms with Gasteiger partial charge in [-0.25, -0.2) is 9.99 Å². The van der Waals surface area contributed by atoms with E-state index in [1.165, 1.54) is 4.88 Å². The topological polar surface area (TPSA) is 47.0 Å². The molecule has 0 N–H and O–H groups in total. The van der Waals surface area contributed by atoms with E-state index in [0.29, 0.717) is 0 Å². The molecule has 148 valence electrons. The Labute approximate surface area is 181 Å². The molecule has 4 aromatic rings. The summed E-state index contributed by atoms with van der Waals surface area (Å²) >= 11 is 3.34. The van der Waals surface area contributed by atoms with Crippen molar-refractivity contribution < 1.29 is 9.47 Å². The second-order valence-electron chi connectivity index (χ2n) is 7.08. The molecule has 2 aromatic heterocycles. The quantitative estimate of drug-likeness (QED) is 0.400. The summed E-state index contributed by atoms with van der Waals surface area (Å²) in [6, 6.07) is 20.7. The zero-order chi connectivity index (χ0) is 19.9. The van der Waals surface area contributed by atoms with Crippen molar-refractivity contribution >= 4 is 33.5 Å². The molecular formula is C23H17N3O2S2. The van der Waals surface area contributed by atoms with E-state index in [2.05, 4.69) is 52.2 Å². The smallest absolute Gasteiger partial charge is 0.231 e. The maximum Gasteiger partial charge on any atom is 0.231 e. The summed E-state index contributed by atoms with van der Waals surface area (Å²) in [6.45, 7) is 0.275. The summed E-state index contributed by atoms with van der Waals surface area (Å²) in [4.78, 5) is 6.11. The highest BCUT2D eigenvalue weighted by molar-refractivity contribution is 7.14. The average Bonchev–Trinajstić information content (AvgIpc) is 3.59. The predicted octanol–water partition coefficient (Wildman–Crippen LogP) is 5.96. The van der Waals surface area contributed by atoms with Crippen LogP contribution in [-0.4, -0.2) is 17.5 Å². The summed E-state index contributed by atoms with van der Waals surface area (Å²) in [5.74, 6) is 1.59. The monoisotopic (exact) mass is 431 g/mol. The largest absolute Gasteiger partial charge is 0.454 e. The van der Waals surface area contributed by atoms with Gasteiger partial charge >= 0.3 is 0 Å². The van der Waals surface area contributed by atoms with Crippen molar-refractivity contribution in [1.29, 1.82) is 0 Å². The molecule has 30 heavy (non-hydrogen) atoms. The lowest BCUT2D eigenvalue weighted by molar-refractivity contribution is 0.174. The first-order valence-electron chi connectivity index (χ1n) is 9.66. The highest BCUT2D eigenvalue weighted by Crippen LogP contribution is 2.42. The lowest BCUT2D eigenvalue weighted by atomic mass is 10.0. The molecule has 4 heterocycles. The highest BCUT2D eigenvalue weighted by Gasteiger charge is 2.33. The number of thiazole rings is 1. The maximum absolute atomic E-state index is 5.61. The Morgan fingerprint density at radius 2 is 1.83 bits per heavy atom. The second kappa shape index (κ2) is 7.27. The van der Waals surface area contributed by atoms with E-state index in [4.69, 9.17) is 19.6 Å². The zero-order valence-electron chi connectivity index (χ0n) is 15.9. The Kier molecular flexibility index (Phi) is 4.28. The summed E-state index contributed by atoms with van der Waals surface area (Å²) in [6.07, 6.45) is 0.820. The minimum Gasteiger partial charge on any atom is -0.454 e. The van der Waals surface area contributed by atoms with Crippen molar-refractivity contribution in [1.82, 2.24) is 4.98 Å². The Bertz CT molecular complexity index is 1220. The van der Waals surface area contributed by atoms with Gasteiger partial charge in [-0.3, -0.25) is 0 Å². The molecule has 0 saturated carbocycles. The van der Waals surface area contributed by atoms with Gasteiger partial charge in [-0.2, -0.15) is 5.10 Å². The van der Waals surface area contributed by atoms with Gasteiger partial charge in [0, 0.05) is 17.4 Å². The molecule has 7 heteroatoms. The number of anilines is 1. The standard InChI is InChI=1S/C23H17N3O2S2/c1-2-5-15(6-3-1)18-13-30-23(24-18)26-19(12-17(25-26)22-7-4-10-29-22)16-8-9-20-21(11-16)28-14-27-20/h1-11,13,19H,12,14H2/t19-/m0/s1. The summed E-state index contributed by atoms with van der Waals surface area (Å²) in [5, 5.41) is 12.1. The van der Waals surface area contributed by atoms with E-state index in [0.717, 1.165) is 45.6 Å². The number of nitrogens with zero attached hydrogens (tertiary/aromatic N) is 3. The van der Waals surface area contributed by atoms with E-state index in [9.17, 15) is 0 Å². The zero-order valence-corrected chi connectivity index (χ0v) is 17.5. The molecule has 5 nitrogen and oxygen atoms in total. The molecule has 0 spiro atoms. The third-order valence-electron chi connectivity index (χ3n) is 5.25. The molecule has 0 bridgehead atoms. The first-order valence-corrected chi connectivity index (χ1v) is 11.4. The number of thiophene rings is 1. The van der Waals surface area contributed by atoms with Gasteiger partial charge in [0.1, 0.15) is 0 Å². The van der Waals surface area contributed by atoms with Gasteiger partial charge in [0.25, 0.3) is 0 Å². The number of fused-ring (bicyclic) bond motifs is 1. The first kappa shape index (κ1) is 17.7. The average molecular weight is 432 g/mol. The normalized spacial score (nSPS) is 17.4. The van der Waals surface area contributed by atoms with Crippen LogP contribution in [-0.2, 0) is 0 Å². The number of hydrazone groups is 1. The van der Waals surface area contributed by atoms with E-state index >= 15 is 0 Å². The number of benzene rings is 2. The fourth-order valence-corrected chi connectivity index (χ4v) is 5.32. The Balaban J connectivity index is 1.39. The van der Waals surface area contributed by atoms with Gasteiger partial charge in [0.05, 0.1) is 22.3 Å². The molecular weight excluding hydrogens is 414 g/mol. The van der Waals surface area contributed by atoms with Gasteiger partial charge in [-0.15, -0.1) is 22.7 Å². The van der Waals surface area contributed by atoms with Crippen molar-refractivity contribution in [3.63, 3.8) is 0 Å². The van der Waals surface area contributed by atoms with Crippen molar-refractivity contribution in [3.05, 3.63) is 81.9 Å². The van der Waals surface area contributed by atoms with Gasteiger partial charge in [-0.1, -0.05) is 42.5 Å². The van der Waals surface area contributed by atoms with Crippen molar-refractivity contribution in [2.24, 2.45) is 5.10 Å². The number of ether oxygens (including phenoxy) is 2. The molecule has 2 aromatic carbocycles. The van der Waals surface area contributed by atoms with Crippen molar-refractivity contribution in [3.8, 4) is 22.8 Å². The number of hydrogen-bond acceptors (Lipinski definition) is 7. The van der Waals surface area contributed by atoms with E-state index in [1.807, 2.05) is 24.3 Å². The van der Waals surface area contributed by atoms with Gasteiger partial charge < -0.3 is 9.47 Å². The third kappa shape index (κ3) is 3.07. The van der Waals surface area contributed by atoms with Crippen LogP contribution in [0.5, 0.6) is 11.5 Å². The molecule has 0 aliphatic carbocycles. The van der Waals surface area contributed by atoms with Crippen LogP contribution in [0.25, 0.3) is 11.3 Å². The van der Waals surface area contributed by atoms with E-state index in [-0.39, 0.29) is 12.8 Å². The van der Waals surface area contributed by atoms with Crippen LogP contribution >= 0.6 is 22.7 Å². The molecule has 2 aliphatic heterocycles. The maximum atomic E-state index is 5.61. The van der Waals surface area contributed by atoms with Crippen LogP contribution < -0.4 is 14.5 Å². The molecule has 2 aliphatic rings. The van der Waals surface area contributed by atoms with E-state index < -0.39 is 0 Å². The fraction of sp³-hybridized carbons (Fsp3) is 0.130. The Hall–Kier alpha value is -3.16. The molecule has 1 atom stereocenters. The highest BCUT2D eigenvalue weighted by atomic mass is 32.1. The van der Waals surface area contributed by atoms with Crippen molar-refractivity contribution in [2.75, 3.05) is 11.8 Å². The third-order valence-corrected chi connectivity index (χ3v) is 7.00.